The van der Waals surface area contributed by atoms with Crippen molar-refractivity contribution in [3.8, 4) is 0 Å². The van der Waals surface area contributed by atoms with Crippen LogP contribution >= 0.6 is 23.2 Å². The fraction of sp³-hybridized carbons (Fsp3) is 0.167. The molecule has 0 bridgehead atoms. The lowest BCUT2D eigenvalue weighted by molar-refractivity contribution is 0.151. The van der Waals surface area contributed by atoms with Crippen molar-refractivity contribution in [1.29, 1.82) is 0 Å². The third-order valence-electron chi connectivity index (χ3n) is 1.22. The molecule has 12 heavy (non-hydrogen) atoms. The highest BCUT2D eigenvalue weighted by atomic mass is 35.5. The Labute approximate surface area is 77.3 Å². The van der Waals surface area contributed by atoms with Gasteiger partial charge in [0.1, 0.15) is 11.0 Å². The van der Waals surface area contributed by atoms with E-state index in [1.807, 2.05) is 0 Å². The van der Waals surface area contributed by atoms with Crippen LogP contribution in [0, 0.1) is 0 Å². The van der Waals surface area contributed by atoms with Crippen molar-refractivity contribution >= 4 is 29.0 Å². The van der Waals surface area contributed by atoms with Gasteiger partial charge in [-0.3, -0.25) is 0 Å². The predicted octanol–water partition coefficient (Wildman–Crippen LogP) is 2.91. The first-order valence-electron chi connectivity index (χ1n) is 2.92. The van der Waals surface area contributed by atoms with Crippen LogP contribution in [0.1, 0.15) is 12.0 Å². The standard InChI is InChI=1S/C6H4Cl2F2N2/c7-3-1-2(5(9)10)4(8)6(11)12-3/h1,5H,(H2,11,12). The molecule has 0 radical (unpaired) electrons. The van der Waals surface area contributed by atoms with E-state index in [4.69, 9.17) is 28.9 Å². The first-order valence-corrected chi connectivity index (χ1v) is 3.67. The smallest absolute Gasteiger partial charge is 0.265 e. The minimum absolute atomic E-state index is 0.0906. The lowest BCUT2D eigenvalue weighted by atomic mass is 10.3. The summed E-state index contributed by atoms with van der Waals surface area (Å²) < 4.78 is 24.3. The summed E-state index contributed by atoms with van der Waals surface area (Å²) in [6.45, 7) is 0. The lowest BCUT2D eigenvalue weighted by Crippen LogP contribution is -1.96. The number of alkyl halides is 2. The second-order valence-electron chi connectivity index (χ2n) is 2.03. The monoisotopic (exact) mass is 212 g/mol. The molecule has 0 aliphatic carbocycles. The predicted molar refractivity (Wildman–Crippen MR) is 43.6 cm³/mol. The second kappa shape index (κ2) is 3.41. The molecule has 2 nitrogen and oxygen atoms in total. The Bertz CT molecular complexity index is 304. The van der Waals surface area contributed by atoms with Gasteiger partial charge in [-0.25, -0.2) is 13.8 Å². The number of aromatic nitrogens is 1. The summed E-state index contributed by atoms with van der Waals surface area (Å²) >= 11 is 10.8. The molecule has 66 valence electrons. The summed E-state index contributed by atoms with van der Waals surface area (Å²) in [6.07, 6.45) is -2.69. The number of nitrogen functional groups attached to an aromatic ring is 1. The van der Waals surface area contributed by atoms with Gasteiger partial charge in [-0.05, 0) is 6.07 Å². The average Bonchev–Trinajstić information content (AvgIpc) is 1.96. The Balaban J connectivity index is 3.28. The zero-order valence-corrected chi connectivity index (χ0v) is 7.20. The number of hydrogen-bond donors (Lipinski definition) is 1. The van der Waals surface area contributed by atoms with Crippen LogP contribution in [0.15, 0.2) is 6.07 Å². The normalized spacial score (nSPS) is 10.8. The van der Waals surface area contributed by atoms with Gasteiger partial charge in [0.25, 0.3) is 6.43 Å². The molecule has 0 atom stereocenters. The fourth-order valence-electron chi connectivity index (χ4n) is 0.695. The third kappa shape index (κ3) is 1.76. The van der Waals surface area contributed by atoms with E-state index < -0.39 is 12.0 Å². The van der Waals surface area contributed by atoms with E-state index in [1.54, 1.807) is 0 Å². The van der Waals surface area contributed by atoms with Crippen molar-refractivity contribution in [3.63, 3.8) is 0 Å². The van der Waals surface area contributed by atoms with E-state index in [-0.39, 0.29) is 16.0 Å². The molecule has 1 heterocycles. The lowest BCUT2D eigenvalue weighted by Gasteiger charge is -2.04. The van der Waals surface area contributed by atoms with E-state index in [2.05, 4.69) is 4.98 Å². The highest BCUT2D eigenvalue weighted by molar-refractivity contribution is 6.34. The quantitative estimate of drug-likeness (QED) is 0.728. The molecule has 0 saturated heterocycles. The van der Waals surface area contributed by atoms with Crippen molar-refractivity contribution in [2.45, 2.75) is 6.43 Å². The number of hydrogen-bond acceptors (Lipinski definition) is 2. The van der Waals surface area contributed by atoms with Gasteiger partial charge in [-0.2, -0.15) is 0 Å². The third-order valence-corrected chi connectivity index (χ3v) is 1.82. The summed E-state index contributed by atoms with van der Waals surface area (Å²) in [4.78, 5) is 3.49. The summed E-state index contributed by atoms with van der Waals surface area (Å²) in [5.41, 5.74) is 4.80. The van der Waals surface area contributed by atoms with E-state index in [0.29, 0.717) is 0 Å². The molecule has 0 aromatic carbocycles. The SMILES string of the molecule is Nc1nc(Cl)cc(C(F)F)c1Cl. The van der Waals surface area contributed by atoms with Crippen LogP contribution in [0.3, 0.4) is 0 Å². The zero-order chi connectivity index (χ0) is 9.30. The van der Waals surface area contributed by atoms with Crippen LogP contribution in [0.25, 0.3) is 0 Å². The molecule has 1 aromatic rings. The van der Waals surface area contributed by atoms with Gasteiger partial charge in [0.2, 0.25) is 0 Å². The molecule has 0 amide bonds. The first kappa shape index (κ1) is 9.48. The molecule has 0 saturated carbocycles. The molecule has 0 unspecified atom stereocenters. The Kier molecular flexibility index (Phi) is 2.69. The molecule has 0 fully saturated rings. The minimum Gasteiger partial charge on any atom is -0.382 e. The number of anilines is 1. The topological polar surface area (TPSA) is 38.9 Å². The average molecular weight is 213 g/mol. The summed E-state index contributed by atoms with van der Waals surface area (Å²) in [6, 6.07) is 0.991. The summed E-state index contributed by atoms with van der Waals surface area (Å²) in [7, 11) is 0. The first-order chi connectivity index (χ1) is 5.52. The maximum Gasteiger partial charge on any atom is 0.265 e. The van der Waals surface area contributed by atoms with E-state index in [1.165, 1.54) is 0 Å². The van der Waals surface area contributed by atoms with E-state index >= 15 is 0 Å². The number of pyridine rings is 1. The molecule has 0 aliphatic heterocycles. The highest BCUT2D eigenvalue weighted by Crippen LogP contribution is 2.31. The zero-order valence-electron chi connectivity index (χ0n) is 5.69. The van der Waals surface area contributed by atoms with Crippen LogP contribution in [0.2, 0.25) is 10.2 Å². The summed E-state index contributed by atoms with van der Waals surface area (Å²) in [5.74, 6) is -0.181. The van der Waals surface area contributed by atoms with Crippen LogP contribution in [0.4, 0.5) is 14.6 Å². The maximum atomic E-state index is 12.2. The van der Waals surface area contributed by atoms with Gasteiger partial charge < -0.3 is 5.73 Å². The molecule has 6 heteroatoms. The van der Waals surface area contributed by atoms with Crippen molar-refractivity contribution < 1.29 is 8.78 Å². The molecule has 0 spiro atoms. The van der Waals surface area contributed by atoms with Gasteiger partial charge in [-0.15, -0.1) is 0 Å². The van der Waals surface area contributed by atoms with E-state index in [9.17, 15) is 8.78 Å². The number of nitrogens with zero attached hydrogens (tertiary/aromatic N) is 1. The Morgan fingerprint density at radius 1 is 1.42 bits per heavy atom. The number of nitrogens with two attached hydrogens (primary N) is 1. The molecule has 1 rings (SSSR count). The Morgan fingerprint density at radius 3 is 2.50 bits per heavy atom. The number of rotatable bonds is 1. The van der Waals surface area contributed by atoms with Gasteiger partial charge in [0.05, 0.1) is 5.02 Å². The van der Waals surface area contributed by atoms with Crippen molar-refractivity contribution in [1.82, 2.24) is 4.98 Å². The maximum absolute atomic E-state index is 12.2. The van der Waals surface area contributed by atoms with Crippen molar-refractivity contribution in [2.75, 3.05) is 5.73 Å². The minimum atomic E-state index is -2.69. The van der Waals surface area contributed by atoms with E-state index in [0.717, 1.165) is 6.07 Å². The van der Waals surface area contributed by atoms with Crippen molar-refractivity contribution in [3.05, 3.63) is 21.8 Å². The Morgan fingerprint density at radius 2 is 2.00 bits per heavy atom. The molecular weight excluding hydrogens is 209 g/mol. The highest BCUT2D eigenvalue weighted by Gasteiger charge is 2.15. The molecular formula is C6H4Cl2F2N2. The van der Waals surface area contributed by atoms with Crippen LogP contribution in [-0.4, -0.2) is 4.98 Å². The molecule has 0 aliphatic rings. The fourth-order valence-corrected chi connectivity index (χ4v) is 1.08. The van der Waals surface area contributed by atoms with Gasteiger partial charge in [0.15, 0.2) is 0 Å². The van der Waals surface area contributed by atoms with Crippen LogP contribution < -0.4 is 5.73 Å². The van der Waals surface area contributed by atoms with Gasteiger partial charge in [0, 0.05) is 5.56 Å². The van der Waals surface area contributed by atoms with Crippen molar-refractivity contribution in [2.24, 2.45) is 0 Å². The van der Waals surface area contributed by atoms with Crippen LogP contribution in [-0.2, 0) is 0 Å². The second-order valence-corrected chi connectivity index (χ2v) is 2.80. The van der Waals surface area contributed by atoms with Gasteiger partial charge in [-0.1, -0.05) is 23.2 Å². The number of halogens is 4. The Hall–Kier alpha value is -0.610. The van der Waals surface area contributed by atoms with Gasteiger partial charge >= 0.3 is 0 Å². The van der Waals surface area contributed by atoms with Crippen LogP contribution in [0.5, 0.6) is 0 Å². The molecule has 1 aromatic heterocycles. The largest absolute Gasteiger partial charge is 0.382 e. The summed E-state index contributed by atoms with van der Waals surface area (Å²) in [5, 5.41) is -0.332. The molecule has 2 N–H and O–H groups in total.